The molecule has 3 aromatic rings. The predicted octanol–water partition coefficient (Wildman–Crippen LogP) is 3.53. The Labute approximate surface area is 178 Å². The number of rotatable bonds is 8. The fourth-order valence-corrected chi connectivity index (χ4v) is 3.46. The summed E-state index contributed by atoms with van der Waals surface area (Å²) in [6.45, 7) is 0.158. The van der Waals surface area contributed by atoms with Gasteiger partial charge in [0.2, 0.25) is 5.91 Å². The number of nitrogens with two attached hydrogens (primary N) is 1. The lowest BCUT2D eigenvalue weighted by Crippen LogP contribution is -2.28. The van der Waals surface area contributed by atoms with Crippen LogP contribution in [0.4, 0.5) is 11.4 Å². The number of ether oxygens (including phenoxy) is 1. The van der Waals surface area contributed by atoms with Gasteiger partial charge in [-0.05, 0) is 35.7 Å². The molecule has 1 aromatic heterocycles. The third kappa shape index (κ3) is 5.24. The van der Waals surface area contributed by atoms with Crippen LogP contribution in [0, 0.1) is 0 Å². The summed E-state index contributed by atoms with van der Waals surface area (Å²) in [6.07, 6.45) is 0.106. The molecular weight excluding hydrogens is 402 g/mol. The second kappa shape index (κ2) is 9.71. The van der Waals surface area contributed by atoms with Crippen molar-refractivity contribution < 1.29 is 19.1 Å². The molecule has 0 bridgehead atoms. The molecular formula is C22H21N3O4S. The van der Waals surface area contributed by atoms with Crippen molar-refractivity contribution in [2.45, 2.75) is 6.42 Å². The van der Waals surface area contributed by atoms with Crippen LogP contribution in [0.3, 0.4) is 0 Å². The average molecular weight is 423 g/mol. The lowest BCUT2D eigenvalue weighted by molar-refractivity contribution is -0.118. The molecule has 0 atom stereocenters. The molecule has 30 heavy (non-hydrogen) atoms. The molecule has 154 valence electrons. The number of carbonyl (C=O) groups is 3. The average Bonchev–Trinajstić information content (AvgIpc) is 3.27. The summed E-state index contributed by atoms with van der Waals surface area (Å²) >= 11 is 1.35. The Morgan fingerprint density at radius 3 is 2.60 bits per heavy atom. The minimum absolute atomic E-state index is 0.106. The first-order chi connectivity index (χ1) is 14.5. The monoisotopic (exact) mass is 423 g/mol. The van der Waals surface area contributed by atoms with Crippen molar-refractivity contribution in [2.75, 3.05) is 23.9 Å². The zero-order valence-corrected chi connectivity index (χ0v) is 17.1. The quantitative estimate of drug-likeness (QED) is 0.579. The van der Waals surface area contributed by atoms with Crippen molar-refractivity contribution in [1.82, 2.24) is 0 Å². The van der Waals surface area contributed by atoms with Crippen LogP contribution in [0.1, 0.15) is 26.5 Å². The molecule has 0 saturated carbocycles. The van der Waals surface area contributed by atoms with Gasteiger partial charge in [-0.3, -0.25) is 14.4 Å². The Kier molecular flexibility index (Phi) is 6.82. The van der Waals surface area contributed by atoms with Crippen LogP contribution in [0.2, 0.25) is 0 Å². The second-order valence-corrected chi connectivity index (χ2v) is 7.35. The summed E-state index contributed by atoms with van der Waals surface area (Å²) in [5.74, 6) is -0.481. The van der Waals surface area contributed by atoms with E-state index in [1.807, 2.05) is 11.4 Å². The van der Waals surface area contributed by atoms with Crippen LogP contribution in [0.15, 0.2) is 66.0 Å². The van der Waals surface area contributed by atoms with Gasteiger partial charge in [-0.15, -0.1) is 11.3 Å². The fourth-order valence-electron chi connectivity index (χ4n) is 2.76. The summed E-state index contributed by atoms with van der Waals surface area (Å²) in [4.78, 5) is 38.5. The summed E-state index contributed by atoms with van der Waals surface area (Å²) in [5.41, 5.74) is 6.50. The highest BCUT2D eigenvalue weighted by atomic mass is 32.1. The Morgan fingerprint density at radius 2 is 1.87 bits per heavy atom. The minimum Gasteiger partial charge on any atom is -0.493 e. The number of benzene rings is 2. The van der Waals surface area contributed by atoms with Crippen LogP contribution in [0.5, 0.6) is 5.75 Å². The Hall–Kier alpha value is -3.65. The Bertz CT molecular complexity index is 1050. The van der Waals surface area contributed by atoms with E-state index >= 15 is 0 Å². The number of carbonyl (C=O) groups excluding carboxylic acids is 3. The highest BCUT2D eigenvalue weighted by Crippen LogP contribution is 2.24. The molecule has 0 aliphatic heterocycles. The third-order valence-electron chi connectivity index (χ3n) is 4.26. The molecule has 2 aromatic carbocycles. The molecule has 7 nitrogen and oxygen atoms in total. The van der Waals surface area contributed by atoms with Gasteiger partial charge in [0.1, 0.15) is 5.75 Å². The number of primary amides is 1. The number of anilines is 2. The Balaban J connectivity index is 1.75. The van der Waals surface area contributed by atoms with Crippen LogP contribution < -0.4 is 20.7 Å². The van der Waals surface area contributed by atoms with Gasteiger partial charge in [0.05, 0.1) is 29.2 Å². The number of nitrogens with zero attached hydrogens (tertiary/aromatic N) is 1. The summed E-state index contributed by atoms with van der Waals surface area (Å²) in [6, 6.07) is 17.3. The van der Waals surface area contributed by atoms with Crippen molar-refractivity contribution in [3.8, 4) is 5.75 Å². The van der Waals surface area contributed by atoms with Gasteiger partial charge in [0.25, 0.3) is 11.8 Å². The Morgan fingerprint density at radius 1 is 1.07 bits per heavy atom. The topological polar surface area (TPSA) is 102 Å². The third-order valence-corrected chi connectivity index (χ3v) is 5.11. The van der Waals surface area contributed by atoms with Crippen LogP contribution >= 0.6 is 11.3 Å². The molecule has 0 radical (unpaired) electrons. The van der Waals surface area contributed by atoms with Crippen LogP contribution in [0.25, 0.3) is 0 Å². The lowest BCUT2D eigenvalue weighted by atomic mass is 10.1. The first kappa shape index (κ1) is 21.1. The fraction of sp³-hybridized carbons (Fsp3) is 0.136. The van der Waals surface area contributed by atoms with E-state index in [-0.39, 0.29) is 24.8 Å². The lowest BCUT2D eigenvalue weighted by Gasteiger charge is -2.20. The SMILES string of the molecule is CN(C(=O)c1cccs1)c1ccccc1C(=O)Nc1cccc(OCCC(N)=O)c1. The molecule has 0 aliphatic carbocycles. The molecule has 3 amide bonds. The molecule has 0 fully saturated rings. The number of para-hydroxylation sites is 1. The van der Waals surface area contributed by atoms with Crippen molar-refractivity contribution in [2.24, 2.45) is 5.73 Å². The maximum Gasteiger partial charge on any atom is 0.268 e. The molecule has 0 unspecified atom stereocenters. The highest BCUT2D eigenvalue weighted by molar-refractivity contribution is 7.12. The minimum atomic E-state index is -0.447. The van der Waals surface area contributed by atoms with Gasteiger partial charge < -0.3 is 20.7 Å². The van der Waals surface area contributed by atoms with Gasteiger partial charge in [0.15, 0.2) is 0 Å². The number of amides is 3. The van der Waals surface area contributed by atoms with Gasteiger partial charge in [0, 0.05) is 18.8 Å². The maximum atomic E-state index is 12.9. The summed E-state index contributed by atoms with van der Waals surface area (Å²) < 4.78 is 5.48. The highest BCUT2D eigenvalue weighted by Gasteiger charge is 2.20. The normalized spacial score (nSPS) is 10.3. The molecule has 3 rings (SSSR count). The predicted molar refractivity (Wildman–Crippen MR) is 117 cm³/mol. The molecule has 3 N–H and O–H groups in total. The van der Waals surface area contributed by atoms with Gasteiger partial charge >= 0.3 is 0 Å². The van der Waals surface area contributed by atoms with E-state index in [9.17, 15) is 14.4 Å². The van der Waals surface area contributed by atoms with Crippen LogP contribution in [-0.2, 0) is 4.79 Å². The van der Waals surface area contributed by atoms with E-state index in [1.165, 1.54) is 16.2 Å². The maximum absolute atomic E-state index is 12.9. The van der Waals surface area contributed by atoms with Crippen molar-refractivity contribution in [3.05, 3.63) is 76.5 Å². The van der Waals surface area contributed by atoms with Crippen molar-refractivity contribution in [3.63, 3.8) is 0 Å². The van der Waals surface area contributed by atoms with E-state index in [0.29, 0.717) is 27.6 Å². The largest absolute Gasteiger partial charge is 0.493 e. The van der Waals surface area contributed by atoms with E-state index in [2.05, 4.69) is 5.32 Å². The summed E-state index contributed by atoms with van der Waals surface area (Å²) in [7, 11) is 1.64. The molecule has 1 heterocycles. The number of nitrogens with one attached hydrogen (secondary N) is 1. The zero-order valence-electron chi connectivity index (χ0n) is 16.3. The van der Waals surface area contributed by atoms with E-state index < -0.39 is 5.91 Å². The molecule has 0 aliphatic rings. The summed E-state index contributed by atoms with van der Waals surface area (Å²) in [5, 5.41) is 4.65. The first-order valence-electron chi connectivity index (χ1n) is 9.19. The van der Waals surface area contributed by atoms with Gasteiger partial charge in [-0.1, -0.05) is 24.3 Å². The van der Waals surface area contributed by atoms with Gasteiger partial charge in [-0.25, -0.2) is 0 Å². The van der Waals surface area contributed by atoms with E-state index in [4.69, 9.17) is 10.5 Å². The van der Waals surface area contributed by atoms with Crippen molar-refractivity contribution in [1.29, 1.82) is 0 Å². The number of thiophene rings is 1. The van der Waals surface area contributed by atoms with Crippen molar-refractivity contribution >= 4 is 40.4 Å². The smallest absolute Gasteiger partial charge is 0.268 e. The zero-order chi connectivity index (χ0) is 21.5. The molecule has 8 heteroatoms. The van der Waals surface area contributed by atoms with E-state index in [1.54, 1.807) is 61.6 Å². The first-order valence-corrected chi connectivity index (χ1v) is 10.1. The molecule has 0 saturated heterocycles. The van der Waals surface area contributed by atoms with E-state index in [0.717, 1.165) is 0 Å². The molecule has 0 spiro atoms. The standard InChI is InChI=1S/C22H21N3O4S/c1-25(22(28)19-10-5-13-30-19)18-9-3-2-8-17(18)21(27)24-15-6-4-7-16(14-15)29-12-11-20(23)26/h2-10,13-14H,11-12H2,1H3,(H2,23,26)(H,24,27). The van der Waals surface area contributed by atoms with Gasteiger partial charge in [-0.2, -0.15) is 0 Å². The number of hydrogen-bond acceptors (Lipinski definition) is 5. The second-order valence-electron chi connectivity index (χ2n) is 6.41. The number of hydrogen-bond donors (Lipinski definition) is 2. The van der Waals surface area contributed by atoms with Crippen LogP contribution in [-0.4, -0.2) is 31.4 Å².